The fourth-order valence-corrected chi connectivity index (χ4v) is 3.78. The van der Waals surface area contributed by atoms with Crippen LogP contribution in [0, 0.1) is 11.8 Å². The molecule has 1 aliphatic heterocycles. The van der Waals surface area contributed by atoms with Gasteiger partial charge in [0.1, 0.15) is 6.26 Å². The van der Waals surface area contributed by atoms with Crippen LogP contribution in [0.5, 0.6) is 0 Å². The molecule has 3 atom stereocenters. The number of hydrogen-bond acceptors (Lipinski definition) is 3. The van der Waals surface area contributed by atoms with Crippen LogP contribution in [-0.2, 0) is 4.79 Å². The number of rotatable bonds is 3. The molecule has 1 aliphatic carbocycles. The van der Waals surface area contributed by atoms with Gasteiger partial charge in [-0.2, -0.15) is 0 Å². The Morgan fingerprint density at radius 1 is 1.22 bits per heavy atom. The summed E-state index contributed by atoms with van der Waals surface area (Å²) in [6.45, 7) is 3.45. The molecular formula is C18H26N2O3. The summed E-state index contributed by atoms with van der Waals surface area (Å²) in [5, 5.41) is 3.24. The number of nitrogens with zero attached hydrogens (tertiary/aromatic N) is 1. The van der Waals surface area contributed by atoms with Crippen LogP contribution >= 0.6 is 0 Å². The molecule has 23 heavy (non-hydrogen) atoms. The SMILES string of the molecule is C[C@@H]1CCCC[C@H]1NC(=O)[C@H]1CCCN(C(=O)c2ccoc2)C1. The van der Waals surface area contributed by atoms with E-state index < -0.39 is 0 Å². The van der Waals surface area contributed by atoms with Gasteiger partial charge in [0.25, 0.3) is 5.91 Å². The third-order valence-electron chi connectivity index (χ3n) is 5.29. The van der Waals surface area contributed by atoms with Gasteiger partial charge >= 0.3 is 0 Å². The van der Waals surface area contributed by atoms with E-state index in [4.69, 9.17) is 4.42 Å². The first-order chi connectivity index (χ1) is 11.1. The number of carbonyl (C=O) groups excluding carboxylic acids is 2. The topological polar surface area (TPSA) is 62.6 Å². The second-order valence-corrected chi connectivity index (χ2v) is 6.98. The molecule has 0 radical (unpaired) electrons. The van der Waals surface area contributed by atoms with Crippen LogP contribution < -0.4 is 5.32 Å². The highest BCUT2D eigenvalue weighted by Crippen LogP contribution is 2.25. The standard InChI is InChI=1S/C18H26N2O3/c1-13-5-2-3-7-16(13)19-17(21)14-6-4-9-20(11-14)18(22)15-8-10-23-12-15/h8,10,12-14,16H,2-7,9,11H2,1H3,(H,19,21)/t13-,14+,16-/m1/s1. The zero-order chi connectivity index (χ0) is 16.2. The molecule has 1 saturated carbocycles. The van der Waals surface area contributed by atoms with Crippen LogP contribution in [0.3, 0.4) is 0 Å². The van der Waals surface area contributed by atoms with Gasteiger partial charge in [-0.25, -0.2) is 0 Å². The molecule has 1 saturated heterocycles. The van der Waals surface area contributed by atoms with E-state index in [1.807, 2.05) is 0 Å². The van der Waals surface area contributed by atoms with Gasteiger partial charge in [-0.15, -0.1) is 0 Å². The molecule has 0 unspecified atom stereocenters. The van der Waals surface area contributed by atoms with Gasteiger partial charge in [-0.1, -0.05) is 19.8 Å². The summed E-state index contributed by atoms with van der Waals surface area (Å²) < 4.78 is 4.99. The highest BCUT2D eigenvalue weighted by atomic mass is 16.3. The first kappa shape index (κ1) is 16.1. The van der Waals surface area contributed by atoms with E-state index in [9.17, 15) is 9.59 Å². The van der Waals surface area contributed by atoms with Gasteiger partial charge in [0, 0.05) is 19.1 Å². The maximum atomic E-state index is 12.6. The molecule has 5 nitrogen and oxygen atoms in total. The third kappa shape index (κ3) is 3.77. The number of carbonyl (C=O) groups is 2. The average molecular weight is 318 g/mol. The van der Waals surface area contributed by atoms with Crippen molar-refractivity contribution in [2.75, 3.05) is 13.1 Å². The number of hydrogen-bond donors (Lipinski definition) is 1. The van der Waals surface area contributed by atoms with Gasteiger partial charge in [-0.3, -0.25) is 9.59 Å². The molecule has 1 aromatic heterocycles. The van der Waals surface area contributed by atoms with Crippen molar-refractivity contribution in [3.8, 4) is 0 Å². The second kappa shape index (κ2) is 7.20. The van der Waals surface area contributed by atoms with Crippen molar-refractivity contribution < 1.29 is 14.0 Å². The van der Waals surface area contributed by atoms with Gasteiger partial charge in [-0.05, 0) is 37.7 Å². The van der Waals surface area contributed by atoms with Gasteiger partial charge < -0.3 is 14.6 Å². The summed E-state index contributed by atoms with van der Waals surface area (Å²) in [5.74, 6) is 0.546. The first-order valence-corrected chi connectivity index (χ1v) is 8.77. The predicted molar refractivity (Wildman–Crippen MR) is 86.9 cm³/mol. The summed E-state index contributed by atoms with van der Waals surface area (Å²) in [4.78, 5) is 26.8. The van der Waals surface area contributed by atoms with Crippen LogP contribution in [0.2, 0.25) is 0 Å². The number of furan rings is 1. The van der Waals surface area contributed by atoms with Crippen molar-refractivity contribution in [3.63, 3.8) is 0 Å². The largest absolute Gasteiger partial charge is 0.472 e. The molecule has 1 aromatic rings. The van der Waals surface area contributed by atoms with E-state index in [1.165, 1.54) is 31.8 Å². The van der Waals surface area contributed by atoms with Crippen molar-refractivity contribution in [1.82, 2.24) is 10.2 Å². The fraction of sp³-hybridized carbons (Fsp3) is 0.667. The van der Waals surface area contributed by atoms with Crippen molar-refractivity contribution in [3.05, 3.63) is 24.2 Å². The Bertz CT molecular complexity index is 540. The Kier molecular flexibility index (Phi) is 5.03. The maximum absolute atomic E-state index is 12.6. The zero-order valence-corrected chi connectivity index (χ0v) is 13.8. The van der Waals surface area contributed by atoms with Crippen molar-refractivity contribution in [2.24, 2.45) is 11.8 Å². The number of piperidine rings is 1. The molecule has 126 valence electrons. The maximum Gasteiger partial charge on any atom is 0.257 e. The molecule has 2 heterocycles. The average Bonchev–Trinajstić information content (AvgIpc) is 3.11. The second-order valence-electron chi connectivity index (χ2n) is 6.98. The molecule has 2 fully saturated rings. The summed E-state index contributed by atoms with van der Waals surface area (Å²) in [6, 6.07) is 1.98. The Morgan fingerprint density at radius 2 is 2.04 bits per heavy atom. The minimum atomic E-state index is -0.0891. The van der Waals surface area contributed by atoms with Crippen LogP contribution in [0.15, 0.2) is 23.0 Å². The van der Waals surface area contributed by atoms with Gasteiger partial charge in [0.05, 0.1) is 17.7 Å². The molecule has 5 heteroatoms. The zero-order valence-electron chi connectivity index (χ0n) is 13.8. The van der Waals surface area contributed by atoms with E-state index >= 15 is 0 Å². The van der Waals surface area contributed by atoms with Gasteiger partial charge in [0.15, 0.2) is 0 Å². The van der Waals surface area contributed by atoms with Crippen LogP contribution in [0.4, 0.5) is 0 Å². The number of nitrogens with one attached hydrogen (secondary N) is 1. The van der Waals surface area contributed by atoms with Crippen molar-refractivity contribution in [1.29, 1.82) is 0 Å². The lowest BCUT2D eigenvalue weighted by molar-refractivity contribution is -0.127. The lowest BCUT2D eigenvalue weighted by Crippen LogP contribution is -2.49. The molecule has 0 aromatic carbocycles. The molecule has 0 bridgehead atoms. The first-order valence-electron chi connectivity index (χ1n) is 8.77. The summed E-state index contributed by atoms with van der Waals surface area (Å²) in [7, 11) is 0. The Balaban J connectivity index is 1.57. The van der Waals surface area contributed by atoms with Crippen molar-refractivity contribution >= 4 is 11.8 Å². The van der Waals surface area contributed by atoms with E-state index in [2.05, 4.69) is 12.2 Å². The minimum absolute atomic E-state index is 0.0396. The Labute approximate surface area is 137 Å². The number of amides is 2. The molecule has 2 amide bonds. The Morgan fingerprint density at radius 3 is 2.78 bits per heavy atom. The van der Waals surface area contributed by atoms with Crippen LogP contribution in [0.25, 0.3) is 0 Å². The third-order valence-corrected chi connectivity index (χ3v) is 5.29. The van der Waals surface area contributed by atoms with E-state index in [1.54, 1.807) is 11.0 Å². The molecule has 1 N–H and O–H groups in total. The predicted octanol–water partition coefficient (Wildman–Crippen LogP) is 2.83. The van der Waals surface area contributed by atoms with Crippen molar-refractivity contribution in [2.45, 2.75) is 51.5 Å². The summed E-state index contributed by atoms with van der Waals surface area (Å²) in [5.41, 5.74) is 0.562. The normalized spacial score (nSPS) is 28.4. The van der Waals surface area contributed by atoms with Gasteiger partial charge in [0.2, 0.25) is 5.91 Å². The number of likely N-dealkylation sites (tertiary alicyclic amines) is 1. The smallest absolute Gasteiger partial charge is 0.257 e. The Hall–Kier alpha value is -1.78. The quantitative estimate of drug-likeness (QED) is 0.932. The molecular weight excluding hydrogens is 292 g/mol. The van der Waals surface area contributed by atoms with E-state index in [-0.39, 0.29) is 17.7 Å². The monoisotopic (exact) mass is 318 g/mol. The lowest BCUT2D eigenvalue weighted by Gasteiger charge is -2.35. The molecule has 3 rings (SSSR count). The minimum Gasteiger partial charge on any atom is -0.472 e. The van der Waals surface area contributed by atoms with E-state index in [0.29, 0.717) is 30.6 Å². The molecule has 2 aliphatic rings. The van der Waals surface area contributed by atoms with Crippen LogP contribution in [-0.4, -0.2) is 35.8 Å². The highest BCUT2D eigenvalue weighted by Gasteiger charge is 2.31. The fourth-order valence-electron chi connectivity index (χ4n) is 3.78. The van der Waals surface area contributed by atoms with E-state index in [0.717, 1.165) is 19.3 Å². The summed E-state index contributed by atoms with van der Waals surface area (Å²) in [6.07, 6.45) is 9.46. The molecule has 0 spiro atoms. The summed E-state index contributed by atoms with van der Waals surface area (Å²) >= 11 is 0. The van der Waals surface area contributed by atoms with Crippen LogP contribution in [0.1, 0.15) is 55.8 Å². The highest BCUT2D eigenvalue weighted by molar-refractivity contribution is 5.94. The lowest BCUT2D eigenvalue weighted by atomic mass is 9.85.